The molecule has 1 rings (SSSR count). The number of likely N-dealkylation sites (N-methyl/N-ethyl adjacent to an activating group) is 1. The van der Waals surface area contributed by atoms with Crippen molar-refractivity contribution in [3.8, 4) is 0 Å². The molecule has 0 radical (unpaired) electrons. The highest BCUT2D eigenvalue weighted by atomic mass is 16.2. The Balaban J connectivity index is 2.46. The van der Waals surface area contributed by atoms with Crippen LogP contribution in [0.2, 0.25) is 0 Å². The Morgan fingerprint density at radius 3 is 1.94 bits per heavy atom. The van der Waals surface area contributed by atoms with Gasteiger partial charge in [-0.25, -0.2) is 0 Å². The molecule has 98 valence electrons. The average molecular weight is 241 g/mol. The van der Waals surface area contributed by atoms with Gasteiger partial charge >= 0.3 is 0 Å². The highest BCUT2D eigenvalue weighted by molar-refractivity contribution is 5.82. The monoisotopic (exact) mass is 241 g/mol. The third-order valence-electron chi connectivity index (χ3n) is 2.89. The van der Waals surface area contributed by atoms with Gasteiger partial charge in [0.25, 0.3) is 0 Å². The second-order valence-electron chi connectivity index (χ2n) is 5.45. The lowest BCUT2D eigenvalue weighted by Crippen LogP contribution is -2.54. The molecule has 0 aliphatic carbocycles. The first-order valence-electron chi connectivity index (χ1n) is 6.08. The van der Waals surface area contributed by atoms with Gasteiger partial charge in [-0.1, -0.05) is 20.8 Å². The van der Waals surface area contributed by atoms with Gasteiger partial charge in [-0.2, -0.15) is 0 Å². The molecule has 0 aromatic heterocycles. The van der Waals surface area contributed by atoms with Crippen LogP contribution in [0.5, 0.6) is 0 Å². The van der Waals surface area contributed by atoms with E-state index in [0.29, 0.717) is 32.7 Å². The summed E-state index contributed by atoms with van der Waals surface area (Å²) in [5.74, 6) is 0.272. The molecule has 1 saturated heterocycles. The van der Waals surface area contributed by atoms with Crippen LogP contribution < -0.4 is 5.32 Å². The largest absolute Gasteiger partial charge is 0.339 e. The molecule has 1 N–H and O–H groups in total. The molecule has 0 aromatic rings. The van der Waals surface area contributed by atoms with Crippen LogP contribution in [0, 0.1) is 5.41 Å². The lowest BCUT2D eigenvalue weighted by atomic mass is 9.94. The normalized spacial score (nSPS) is 17.2. The Bertz CT molecular complexity index is 289. The van der Waals surface area contributed by atoms with E-state index in [2.05, 4.69) is 5.32 Å². The quantitative estimate of drug-likeness (QED) is 0.736. The predicted molar refractivity (Wildman–Crippen MR) is 66.5 cm³/mol. The molecular formula is C12H23N3O2. The smallest absolute Gasteiger partial charge is 0.236 e. The topological polar surface area (TPSA) is 52.7 Å². The fourth-order valence-electron chi connectivity index (χ4n) is 1.90. The summed E-state index contributed by atoms with van der Waals surface area (Å²) in [6.45, 7) is 8.71. The van der Waals surface area contributed by atoms with E-state index in [1.165, 1.54) is 0 Å². The van der Waals surface area contributed by atoms with Gasteiger partial charge in [0.1, 0.15) is 0 Å². The van der Waals surface area contributed by atoms with Gasteiger partial charge in [-0.15, -0.1) is 0 Å². The summed E-state index contributed by atoms with van der Waals surface area (Å²) in [6, 6.07) is 0. The molecule has 2 amide bonds. The maximum Gasteiger partial charge on any atom is 0.236 e. The third-order valence-corrected chi connectivity index (χ3v) is 2.89. The minimum absolute atomic E-state index is 0.107. The van der Waals surface area contributed by atoms with Crippen molar-refractivity contribution < 1.29 is 9.59 Å². The highest BCUT2D eigenvalue weighted by Gasteiger charge is 2.30. The van der Waals surface area contributed by atoms with Crippen LogP contribution in [0.3, 0.4) is 0 Å². The zero-order chi connectivity index (χ0) is 13.1. The van der Waals surface area contributed by atoms with E-state index in [0.717, 1.165) is 0 Å². The molecule has 17 heavy (non-hydrogen) atoms. The molecule has 0 atom stereocenters. The van der Waals surface area contributed by atoms with Crippen LogP contribution in [0.25, 0.3) is 0 Å². The zero-order valence-corrected chi connectivity index (χ0v) is 11.2. The van der Waals surface area contributed by atoms with Crippen LogP contribution in [-0.2, 0) is 9.59 Å². The van der Waals surface area contributed by atoms with E-state index in [4.69, 9.17) is 0 Å². The SMILES string of the molecule is CNCC(=O)N1CCN(C(=O)C(C)(C)C)CC1. The summed E-state index contributed by atoms with van der Waals surface area (Å²) in [6.07, 6.45) is 0. The molecule has 5 nitrogen and oxygen atoms in total. The number of nitrogens with one attached hydrogen (secondary N) is 1. The summed E-state index contributed by atoms with van der Waals surface area (Å²) in [4.78, 5) is 27.3. The lowest BCUT2D eigenvalue weighted by Gasteiger charge is -2.37. The molecule has 1 aliphatic heterocycles. The first kappa shape index (κ1) is 14.0. The minimum atomic E-state index is -0.336. The lowest BCUT2D eigenvalue weighted by molar-refractivity contribution is -0.144. The Morgan fingerprint density at radius 1 is 1.06 bits per heavy atom. The van der Waals surface area contributed by atoms with Crippen molar-refractivity contribution in [1.82, 2.24) is 15.1 Å². The molecular weight excluding hydrogens is 218 g/mol. The molecule has 1 fully saturated rings. The Hall–Kier alpha value is -1.10. The summed E-state index contributed by atoms with van der Waals surface area (Å²) >= 11 is 0. The fourth-order valence-corrected chi connectivity index (χ4v) is 1.90. The number of carbonyl (C=O) groups is 2. The third kappa shape index (κ3) is 3.70. The van der Waals surface area contributed by atoms with E-state index in [9.17, 15) is 9.59 Å². The number of carbonyl (C=O) groups excluding carboxylic acids is 2. The van der Waals surface area contributed by atoms with E-state index in [-0.39, 0.29) is 17.2 Å². The van der Waals surface area contributed by atoms with Gasteiger partial charge in [0.05, 0.1) is 6.54 Å². The summed E-state index contributed by atoms with van der Waals surface area (Å²) in [5.41, 5.74) is -0.336. The molecule has 0 spiro atoms. The fraction of sp³-hybridized carbons (Fsp3) is 0.833. The van der Waals surface area contributed by atoms with E-state index in [1.54, 1.807) is 7.05 Å². The molecule has 1 heterocycles. The van der Waals surface area contributed by atoms with Crippen LogP contribution in [-0.4, -0.2) is 61.4 Å². The van der Waals surface area contributed by atoms with Crippen molar-refractivity contribution in [1.29, 1.82) is 0 Å². The van der Waals surface area contributed by atoms with Crippen molar-refractivity contribution in [2.24, 2.45) is 5.41 Å². The van der Waals surface area contributed by atoms with Gasteiger partial charge in [0, 0.05) is 31.6 Å². The second-order valence-corrected chi connectivity index (χ2v) is 5.45. The highest BCUT2D eigenvalue weighted by Crippen LogP contribution is 2.18. The van der Waals surface area contributed by atoms with Gasteiger partial charge in [0.15, 0.2) is 0 Å². The number of amides is 2. The van der Waals surface area contributed by atoms with E-state index in [1.807, 2.05) is 30.6 Å². The van der Waals surface area contributed by atoms with Crippen LogP contribution in [0.1, 0.15) is 20.8 Å². The first-order valence-corrected chi connectivity index (χ1v) is 6.08. The number of nitrogens with zero attached hydrogens (tertiary/aromatic N) is 2. The van der Waals surface area contributed by atoms with Crippen molar-refractivity contribution in [3.63, 3.8) is 0 Å². The first-order chi connectivity index (χ1) is 7.86. The Kier molecular flexibility index (Phi) is 4.51. The molecule has 0 bridgehead atoms. The zero-order valence-electron chi connectivity index (χ0n) is 11.2. The number of rotatable bonds is 2. The van der Waals surface area contributed by atoms with Gasteiger partial charge in [-0.05, 0) is 7.05 Å². The van der Waals surface area contributed by atoms with Crippen LogP contribution in [0.15, 0.2) is 0 Å². The summed E-state index contributed by atoms with van der Waals surface area (Å²) in [5, 5.41) is 2.85. The van der Waals surface area contributed by atoms with Crippen molar-refractivity contribution in [2.75, 3.05) is 39.8 Å². The molecule has 0 aromatic carbocycles. The van der Waals surface area contributed by atoms with Gasteiger partial charge < -0.3 is 15.1 Å². The maximum atomic E-state index is 12.0. The molecule has 0 unspecified atom stereocenters. The summed E-state index contributed by atoms with van der Waals surface area (Å²) in [7, 11) is 1.76. The standard InChI is InChI=1S/C12H23N3O2/c1-12(2,3)11(17)15-7-5-14(6-8-15)10(16)9-13-4/h13H,5-9H2,1-4H3. The van der Waals surface area contributed by atoms with Crippen LogP contribution >= 0.6 is 0 Å². The minimum Gasteiger partial charge on any atom is -0.339 e. The van der Waals surface area contributed by atoms with Crippen molar-refractivity contribution >= 4 is 11.8 Å². The summed E-state index contributed by atoms with van der Waals surface area (Å²) < 4.78 is 0. The Labute approximate surface area is 103 Å². The molecule has 5 heteroatoms. The van der Waals surface area contributed by atoms with Gasteiger partial charge in [0.2, 0.25) is 11.8 Å². The Morgan fingerprint density at radius 2 is 1.53 bits per heavy atom. The van der Waals surface area contributed by atoms with Crippen molar-refractivity contribution in [2.45, 2.75) is 20.8 Å². The number of piperazine rings is 1. The second kappa shape index (κ2) is 5.49. The van der Waals surface area contributed by atoms with E-state index < -0.39 is 0 Å². The predicted octanol–water partition coefficient (Wildman–Crippen LogP) is -0.0773. The van der Waals surface area contributed by atoms with Crippen molar-refractivity contribution in [3.05, 3.63) is 0 Å². The molecule has 0 saturated carbocycles. The molecule has 1 aliphatic rings. The maximum absolute atomic E-state index is 12.0. The van der Waals surface area contributed by atoms with Crippen LogP contribution in [0.4, 0.5) is 0 Å². The number of hydrogen-bond donors (Lipinski definition) is 1. The van der Waals surface area contributed by atoms with Gasteiger partial charge in [-0.3, -0.25) is 9.59 Å². The van der Waals surface area contributed by atoms with E-state index >= 15 is 0 Å². The number of hydrogen-bond acceptors (Lipinski definition) is 3. The average Bonchev–Trinajstić information content (AvgIpc) is 2.27.